The first-order valence-electron chi connectivity index (χ1n) is 7.06. The van der Waals surface area contributed by atoms with Gasteiger partial charge >= 0.3 is 0 Å². The van der Waals surface area contributed by atoms with Gasteiger partial charge in [0.15, 0.2) is 0 Å². The predicted molar refractivity (Wildman–Crippen MR) is 83.9 cm³/mol. The Morgan fingerprint density at radius 1 is 1.41 bits per heavy atom. The molecule has 1 aromatic carbocycles. The van der Waals surface area contributed by atoms with Gasteiger partial charge in [0.05, 0.1) is 0 Å². The van der Waals surface area contributed by atoms with E-state index in [9.17, 15) is 9.18 Å². The van der Waals surface area contributed by atoms with Gasteiger partial charge in [0.1, 0.15) is 11.9 Å². The molecule has 1 heterocycles. The molecule has 0 saturated heterocycles. The number of nitrogens with zero attached hydrogens (tertiary/aromatic N) is 2. The lowest BCUT2D eigenvalue weighted by Crippen LogP contribution is -2.27. The highest BCUT2D eigenvalue weighted by molar-refractivity contribution is 7.99. The number of carbonyl (C=O) groups excluding carboxylic acids is 1. The molecule has 0 saturated carbocycles. The SMILES string of the molecule is CCSCCC(=O)NC(C)c1nc(-c2ccc(F)cc2)no1. The van der Waals surface area contributed by atoms with Crippen LogP contribution in [0.25, 0.3) is 11.4 Å². The Hall–Kier alpha value is -1.89. The fraction of sp³-hybridized carbons (Fsp3) is 0.400. The quantitative estimate of drug-likeness (QED) is 0.793. The van der Waals surface area contributed by atoms with Crippen LogP contribution in [-0.4, -0.2) is 27.6 Å². The Kier molecular flexibility index (Phi) is 5.94. The number of hydrogen-bond donors (Lipinski definition) is 1. The van der Waals surface area contributed by atoms with E-state index in [1.54, 1.807) is 30.8 Å². The number of nitrogens with one attached hydrogen (secondary N) is 1. The van der Waals surface area contributed by atoms with Gasteiger partial charge < -0.3 is 9.84 Å². The van der Waals surface area contributed by atoms with Crippen molar-refractivity contribution in [3.05, 3.63) is 36.0 Å². The second-order valence-electron chi connectivity index (χ2n) is 4.70. The van der Waals surface area contributed by atoms with Gasteiger partial charge in [0.2, 0.25) is 17.6 Å². The van der Waals surface area contributed by atoms with Crippen LogP contribution >= 0.6 is 11.8 Å². The van der Waals surface area contributed by atoms with Crippen LogP contribution in [0.2, 0.25) is 0 Å². The number of halogens is 1. The average Bonchev–Trinajstić information content (AvgIpc) is 2.98. The number of aromatic nitrogens is 2. The van der Waals surface area contributed by atoms with Gasteiger partial charge in [-0.25, -0.2) is 4.39 Å². The first-order valence-corrected chi connectivity index (χ1v) is 8.22. The summed E-state index contributed by atoms with van der Waals surface area (Å²) in [4.78, 5) is 16.0. The van der Waals surface area contributed by atoms with E-state index >= 15 is 0 Å². The zero-order chi connectivity index (χ0) is 15.9. The van der Waals surface area contributed by atoms with Gasteiger partial charge in [-0.05, 0) is 36.9 Å². The van der Waals surface area contributed by atoms with Crippen LogP contribution in [0.4, 0.5) is 4.39 Å². The van der Waals surface area contributed by atoms with Crippen LogP contribution in [0.5, 0.6) is 0 Å². The minimum absolute atomic E-state index is 0.0463. The first-order chi connectivity index (χ1) is 10.6. The molecule has 0 spiro atoms. The van der Waals surface area contributed by atoms with Crippen LogP contribution < -0.4 is 5.32 Å². The molecule has 0 aliphatic carbocycles. The molecular weight excluding hydrogens is 305 g/mol. The van der Waals surface area contributed by atoms with Gasteiger partial charge in [-0.2, -0.15) is 16.7 Å². The lowest BCUT2D eigenvalue weighted by atomic mass is 10.2. The van der Waals surface area contributed by atoms with Gasteiger partial charge in [-0.15, -0.1) is 0 Å². The summed E-state index contributed by atoms with van der Waals surface area (Å²) < 4.78 is 18.1. The second-order valence-corrected chi connectivity index (χ2v) is 6.09. The molecule has 22 heavy (non-hydrogen) atoms. The van der Waals surface area contributed by atoms with Gasteiger partial charge in [0.25, 0.3) is 0 Å². The van der Waals surface area contributed by atoms with E-state index in [1.165, 1.54) is 12.1 Å². The van der Waals surface area contributed by atoms with Crippen molar-refractivity contribution in [1.29, 1.82) is 0 Å². The van der Waals surface area contributed by atoms with Crippen molar-refractivity contribution in [2.75, 3.05) is 11.5 Å². The number of amides is 1. The highest BCUT2D eigenvalue weighted by Gasteiger charge is 2.17. The normalized spacial score (nSPS) is 12.1. The number of hydrogen-bond acceptors (Lipinski definition) is 5. The highest BCUT2D eigenvalue weighted by Crippen LogP contribution is 2.19. The Labute approximate surface area is 132 Å². The van der Waals surface area contributed by atoms with E-state index in [0.717, 1.165) is 11.5 Å². The summed E-state index contributed by atoms with van der Waals surface area (Å²) >= 11 is 1.72. The molecule has 0 aliphatic heterocycles. The molecule has 0 radical (unpaired) electrons. The number of thioether (sulfide) groups is 1. The van der Waals surface area contributed by atoms with Crippen molar-refractivity contribution in [2.45, 2.75) is 26.3 Å². The largest absolute Gasteiger partial charge is 0.345 e. The topological polar surface area (TPSA) is 68.0 Å². The Bertz CT molecular complexity index is 616. The standard InChI is InChI=1S/C15H18FN3O2S/c1-3-22-9-8-13(20)17-10(2)15-18-14(19-21-15)11-4-6-12(16)7-5-11/h4-7,10H,3,8-9H2,1-2H3,(H,17,20). The molecule has 0 aliphatic rings. The van der Waals surface area contributed by atoms with Crippen molar-refractivity contribution in [1.82, 2.24) is 15.5 Å². The van der Waals surface area contributed by atoms with Crippen molar-refractivity contribution in [2.24, 2.45) is 0 Å². The average molecular weight is 323 g/mol. The summed E-state index contributed by atoms with van der Waals surface area (Å²) in [7, 11) is 0. The van der Waals surface area contributed by atoms with Gasteiger partial charge in [-0.3, -0.25) is 4.79 Å². The lowest BCUT2D eigenvalue weighted by Gasteiger charge is -2.09. The third-order valence-electron chi connectivity index (χ3n) is 2.97. The molecule has 1 amide bonds. The summed E-state index contributed by atoms with van der Waals surface area (Å²) in [5.74, 6) is 2.12. The molecular formula is C15H18FN3O2S. The molecule has 118 valence electrons. The fourth-order valence-electron chi connectivity index (χ4n) is 1.81. The summed E-state index contributed by atoms with van der Waals surface area (Å²) in [6.45, 7) is 3.84. The molecule has 5 nitrogen and oxygen atoms in total. The molecule has 1 aromatic heterocycles. The Morgan fingerprint density at radius 2 is 2.14 bits per heavy atom. The minimum Gasteiger partial charge on any atom is -0.345 e. The minimum atomic E-state index is -0.360. The third-order valence-corrected chi connectivity index (χ3v) is 3.87. The van der Waals surface area contributed by atoms with Crippen molar-refractivity contribution >= 4 is 17.7 Å². The Morgan fingerprint density at radius 3 is 2.82 bits per heavy atom. The summed E-state index contributed by atoms with van der Waals surface area (Å²) in [6.07, 6.45) is 0.460. The summed E-state index contributed by atoms with van der Waals surface area (Å²) in [5.41, 5.74) is 0.661. The summed E-state index contributed by atoms with van der Waals surface area (Å²) in [6, 6.07) is 5.47. The smallest absolute Gasteiger partial charge is 0.249 e. The van der Waals surface area contributed by atoms with Crippen LogP contribution in [0.15, 0.2) is 28.8 Å². The molecule has 1 unspecified atom stereocenters. The highest BCUT2D eigenvalue weighted by atomic mass is 32.2. The molecule has 0 fully saturated rings. The van der Waals surface area contributed by atoms with Crippen molar-refractivity contribution in [3.8, 4) is 11.4 Å². The van der Waals surface area contributed by atoms with E-state index in [0.29, 0.717) is 23.7 Å². The second kappa shape index (κ2) is 7.93. The monoisotopic (exact) mass is 323 g/mol. The maximum atomic E-state index is 12.9. The fourth-order valence-corrected chi connectivity index (χ4v) is 2.43. The number of carbonyl (C=O) groups is 1. The maximum absolute atomic E-state index is 12.9. The van der Waals surface area contributed by atoms with E-state index in [1.807, 2.05) is 0 Å². The van der Waals surface area contributed by atoms with Crippen molar-refractivity contribution in [3.63, 3.8) is 0 Å². The van der Waals surface area contributed by atoms with Crippen LogP contribution in [0.1, 0.15) is 32.2 Å². The molecule has 1 atom stereocenters. The summed E-state index contributed by atoms with van der Waals surface area (Å²) in [5, 5.41) is 6.68. The maximum Gasteiger partial charge on any atom is 0.249 e. The molecule has 2 aromatic rings. The van der Waals surface area contributed by atoms with Gasteiger partial charge in [-0.1, -0.05) is 12.1 Å². The zero-order valence-corrected chi connectivity index (χ0v) is 13.3. The van der Waals surface area contributed by atoms with Crippen LogP contribution in [-0.2, 0) is 4.79 Å². The molecule has 2 rings (SSSR count). The zero-order valence-electron chi connectivity index (χ0n) is 12.5. The molecule has 0 bridgehead atoms. The van der Waals surface area contributed by atoms with E-state index in [4.69, 9.17) is 4.52 Å². The van der Waals surface area contributed by atoms with Crippen LogP contribution in [0.3, 0.4) is 0 Å². The predicted octanol–water partition coefficient (Wildman–Crippen LogP) is 3.20. The third kappa shape index (κ3) is 4.56. The van der Waals surface area contributed by atoms with Gasteiger partial charge in [0, 0.05) is 17.7 Å². The molecule has 7 heteroatoms. The first kappa shape index (κ1) is 16.5. The van der Waals surface area contributed by atoms with E-state index < -0.39 is 0 Å². The number of benzene rings is 1. The Balaban J connectivity index is 1.95. The van der Waals surface area contributed by atoms with Crippen LogP contribution in [0, 0.1) is 5.82 Å². The lowest BCUT2D eigenvalue weighted by molar-refractivity contribution is -0.121. The number of rotatable bonds is 7. The van der Waals surface area contributed by atoms with Crippen molar-refractivity contribution < 1.29 is 13.7 Å². The van der Waals surface area contributed by atoms with E-state index in [2.05, 4.69) is 22.4 Å². The molecule has 1 N–H and O–H groups in total. The van der Waals surface area contributed by atoms with E-state index in [-0.39, 0.29) is 17.8 Å².